The lowest BCUT2D eigenvalue weighted by atomic mass is 10.1. The van der Waals surface area contributed by atoms with Crippen molar-refractivity contribution in [3.63, 3.8) is 0 Å². The summed E-state index contributed by atoms with van der Waals surface area (Å²) >= 11 is 0. The van der Waals surface area contributed by atoms with Crippen LogP contribution in [0.5, 0.6) is 0 Å². The van der Waals surface area contributed by atoms with Crippen LogP contribution < -0.4 is 15.5 Å². The molecule has 1 fully saturated rings. The van der Waals surface area contributed by atoms with Crippen molar-refractivity contribution >= 4 is 35.4 Å². The lowest BCUT2D eigenvalue weighted by Gasteiger charge is -2.18. The van der Waals surface area contributed by atoms with Crippen LogP contribution in [0.3, 0.4) is 0 Å². The van der Waals surface area contributed by atoms with E-state index in [9.17, 15) is 24.0 Å². The van der Waals surface area contributed by atoms with E-state index < -0.39 is 24.0 Å². The first-order valence-corrected chi connectivity index (χ1v) is 9.15. The van der Waals surface area contributed by atoms with Crippen molar-refractivity contribution in [2.75, 3.05) is 11.9 Å². The van der Waals surface area contributed by atoms with Crippen LogP contribution in [0.1, 0.15) is 34.9 Å². The van der Waals surface area contributed by atoms with E-state index in [0.29, 0.717) is 11.3 Å². The van der Waals surface area contributed by atoms with Crippen LogP contribution in [-0.2, 0) is 19.1 Å². The number of nitrogens with one attached hydrogen (secondary N) is 2. The normalized spacial score (nSPS) is 14.2. The minimum Gasteiger partial charge on any atom is -0.444 e. The van der Waals surface area contributed by atoms with Crippen LogP contribution in [-0.4, -0.2) is 36.8 Å². The molecule has 1 heterocycles. The summed E-state index contributed by atoms with van der Waals surface area (Å²) in [5, 5.41) is 4.35. The highest BCUT2D eigenvalue weighted by Crippen LogP contribution is 2.24. The maximum atomic E-state index is 12.6. The zero-order valence-electron chi connectivity index (χ0n) is 16.1. The smallest absolute Gasteiger partial charge is 0.339 e. The zero-order chi connectivity index (χ0) is 21.7. The number of carbonyl (C=O) groups is 5. The summed E-state index contributed by atoms with van der Waals surface area (Å²) in [7, 11) is 1.35. The van der Waals surface area contributed by atoms with Crippen LogP contribution in [0, 0.1) is 0 Å². The minimum absolute atomic E-state index is 0.117. The molecule has 1 aliphatic rings. The summed E-state index contributed by atoms with van der Waals surface area (Å²) < 4.78 is 5.36. The second-order valence-electron chi connectivity index (χ2n) is 6.43. The van der Waals surface area contributed by atoms with Gasteiger partial charge in [-0.15, -0.1) is 0 Å². The molecule has 154 valence electrons. The van der Waals surface area contributed by atoms with Crippen molar-refractivity contribution in [2.45, 2.75) is 18.9 Å². The molecule has 5 amide bonds. The topological polar surface area (TPSA) is 122 Å². The standard InChI is InChI=1S/C21H19N3O6/c1-22-21(29)23-19(27)18(13-5-3-2-4-6-13)30-20(28)14-7-9-15(10-8-14)24-16(25)11-12-17(24)26/h2-10,18H,11-12H2,1H3,(H2,22,23,27,29)/t18-/m1/s1. The molecule has 1 aliphatic heterocycles. The molecule has 0 spiro atoms. The van der Waals surface area contributed by atoms with E-state index in [0.717, 1.165) is 4.90 Å². The predicted molar refractivity (Wildman–Crippen MR) is 105 cm³/mol. The Hall–Kier alpha value is -4.01. The number of ether oxygens (including phenoxy) is 1. The summed E-state index contributed by atoms with van der Waals surface area (Å²) in [5.41, 5.74) is 0.861. The van der Waals surface area contributed by atoms with Crippen LogP contribution in [0.4, 0.5) is 10.5 Å². The summed E-state index contributed by atoms with van der Waals surface area (Å²) in [4.78, 5) is 61.3. The van der Waals surface area contributed by atoms with Gasteiger partial charge in [0.15, 0.2) is 0 Å². The molecule has 3 rings (SSSR count). The van der Waals surface area contributed by atoms with Gasteiger partial charge in [-0.25, -0.2) is 9.59 Å². The fraction of sp³-hybridized carbons (Fsp3) is 0.190. The van der Waals surface area contributed by atoms with Crippen molar-refractivity contribution in [3.05, 3.63) is 65.7 Å². The quantitative estimate of drug-likeness (QED) is 0.573. The van der Waals surface area contributed by atoms with E-state index in [1.54, 1.807) is 30.3 Å². The first kappa shape index (κ1) is 20.7. The average Bonchev–Trinajstić information content (AvgIpc) is 3.10. The van der Waals surface area contributed by atoms with E-state index >= 15 is 0 Å². The summed E-state index contributed by atoms with van der Waals surface area (Å²) in [6.45, 7) is 0. The number of carbonyl (C=O) groups excluding carboxylic acids is 5. The second-order valence-corrected chi connectivity index (χ2v) is 6.43. The van der Waals surface area contributed by atoms with Crippen molar-refractivity contribution in [2.24, 2.45) is 0 Å². The number of esters is 1. The highest BCUT2D eigenvalue weighted by molar-refractivity contribution is 6.19. The van der Waals surface area contributed by atoms with E-state index in [1.165, 1.54) is 31.3 Å². The van der Waals surface area contributed by atoms with Crippen molar-refractivity contribution in [1.82, 2.24) is 10.6 Å². The largest absolute Gasteiger partial charge is 0.444 e. The van der Waals surface area contributed by atoms with Gasteiger partial charge in [-0.1, -0.05) is 30.3 Å². The Bertz CT molecular complexity index is 972. The molecule has 1 saturated heterocycles. The monoisotopic (exact) mass is 409 g/mol. The lowest BCUT2D eigenvalue weighted by Crippen LogP contribution is -2.41. The molecular weight excluding hydrogens is 390 g/mol. The highest BCUT2D eigenvalue weighted by atomic mass is 16.5. The van der Waals surface area contributed by atoms with Crippen molar-refractivity contribution in [1.29, 1.82) is 0 Å². The van der Waals surface area contributed by atoms with Gasteiger partial charge >= 0.3 is 12.0 Å². The number of urea groups is 1. The Kier molecular flexibility index (Phi) is 6.21. The van der Waals surface area contributed by atoms with Gasteiger partial charge in [-0.3, -0.25) is 24.6 Å². The molecule has 2 N–H and O–H groups in total. The number of nitrogens with zero attached hydrogens (tertiary/aromatic N) is 1. The van der Waals surface area contributed by atoms with E-state index in [-0.39, 0.29) is 30.2 Å². The molecule has 30 heavy (non-hydrogen) atoms. The molecule has 2 aromatic rings. The van der Waals surface area contributed by atoms with Gasteiger partial charge < -0.3 is 10.1 Å². The third-order valence-corrected chi connectivity index (χ3v) is 4.44. The first-order chi connectivity index (χ1) is 14.4. The molecule has 9 heteroatoms. The number of imide groups is 2. The number of benzene rings is 2. The van der Waals surface area contributed by atoms with Crippen LogP contribution >= 0.6 is 0 Å². The van der Waals surface area contributed by atoms with Gasteiger partial charge in [0, 0.05) is 25.5 Å². The third-order valence-electron chi connectivity index (χ3n) is 4.44. The number of anilines is 1. The van der Waals surface area contributed by atoms with E-state index in [2.05, 4.69) is 10.6 Å². The zero-order valence-corrected chi connectivity index (χ0v) is 16.1. The summed E-state index contributed by atoms with van der Waals surface area (Å²) in [6.07, 6.45) is -1.04. The van der Waals surface area contributed by atoms with Gasteiger partial charge in [0.05, 0.1) is 11.3 Å². The van der Waals surface area contributed by atoms with Gasteiger partial charge in [0.1, 0.15) is 0 Å². The molecule has 0 aromatic heterocycles. The SMILES string of the molecule is CNC(=O)NC(=O)[C@H](OC(=O)c1ccc(N2C(=O)CCC2=O)cc1)c1ccccc1. The summed E-state index contributed by atoms with van der Waals surface area (Å²) in [5.74, 6) is -2.21. The van der Waals surface area contributed by atoms with Gasteiger partial charge in [0.2, 0.25) is 17.9 Å². The second kappa shape index (κ2) is 8.99. The fourth-order valence-corrected chi connectivity index (χ4v) is 2.93. The Balaban J connectivity index is 1.78. The Morgan fingerprint density at radius 2 is 1.53 bits per heavy atom. The fourth-order valence-electron chi connectivity index (χ4n) is 2.93. The van der Waals surface area contributed by atoms with E-state index in [1.807, 2.05) is 0 Å². The van der Waals surface area contributed by atoms with Gasteiger partial charge in [-0.05, 0) is 24.3 Å². The van der Waals surface area contributed by atoms with Crippen molar-refractivity contribution < 1.29 is 28.7 Å². The molecule has 0 bridgehead atoms. The van der Waals surface area contributed by atoms with Gasteiger partial charge in [0.25, 0.3) is 5.91 Å². The Morgan fingerprint density at radius 1 is 0.933 bits per heavy atom. The number of rotatable bonds is 5. The summed E-state index contributed by atoms with van der Waals surface area (Å²) in [6, 6.07) is 13.2. The first-order valence-electron chi connectivity index (χ1n) is 9.15. The number of hydrogen-bond acceptors (Lipinski definition) is 6. The Labute approximate surface area is 172 Å². The third kappa shape index (κ3) is 4.52. The molecule has 9 nitrogen and oxygen atoms in total. The van der Waals surface area contributed by atoms with Crippen molar-refractivity contribution in [3.8, 4) is 0 Å². The van der Waals surface area contributed by atoms with Crippen LogP contribution in [0.25, 0.3) is 0 Å². The number of amides is 5. The molecule has 0 unspecified atom stereocenters. The molecule has 1 atom stereocenters. The van der Waals surface area contributed by atoms with Gasteiger partial charge in [-0.2, -0.15) is 0 Å². The maximum absolute atomic E-state index is 12.6. The van der Waals surface area contributed by atoms with Crippen LogP contribution in [0.15, 0.2) is 54.6 Å². The Morgan fingerprint density at radius 3 is 2.10 bits per heavy atom. The molecule has 0 aliphatic carbocycles. The highest BCUT2D eigenvalue weighted by Gasteiger charge is 2.31. The predicted octanol–water partition coefficient (Wildman–Crippen LogP) is 1.69. The van der Waals surface area contributed by atoms with E-state index in [4.69, 9.17) is 4.74 Å². The minimum atomic E-state index is -1.35. The average molecular weight is 409 g/mol. The number of hydrogen-bond donors (Lipinski definition) is 2. The molecular formula is C21H19N3O6. The lowest BCUT2D eigenvalue weighted by molar-refractivity contribution is -0.129. The molecule has 0 saturated carbocycles. The molecule has 2 aromatic carbocycles. The molecule has 0 radical (unpaired) electrons. The maximum Gasteiger partial charge on any atom is 0.339 e. The van der Waals surface area contributed by atoms with Crippen LogP contribution in [0.2, 0.25) is 0 Å².